The van der Waals surface area contributed by atoms with Crippen molar-refractivity contribution in [3.05, 3.63) is 11.1 Å². The normalized spacial score (nSPS) is 34.9. The van der Waals surface area contributed by atoms with Gasteiger partial charge in [0.05, 0.1) is 13.2 Å². The molecule has 0 radical (unpaired) electrons. The topological polar surface area (TPSA) is 21.3 Å². The Morgan fingerprint density at radius 3 is 3.06 bits per heavy atom. The molecule has 0 spiro atoms. The molecule has 1 aliphatic carbocycles. The predicted molar refractivity (Wildman–Crippen MR) is 67.6 cm³/mol. The van der Waals surface area contributed by atoms with Gasteiger partial charge in [-0.3, -0.25) is 0 Å². The number of hydrogen-bond acceptors (Lipinski definition) is 2. The van der Waals surface area contributed by atoms with E-state index in [9.17, 15) is 0 Å². The van der Waals surface area contributed by atoms with Crippen molar-refractivity contribution < 1.29 is 4.74 Å². The molecule has 92 valence electrons. The zero-order valence-electron chi connectivity index (χ0n) is 10.7. The second-order valence-electron chi connectivity index (χ2n) is 5.52. The van der Waals surface area contributed by atoms with Crippen LogP contribution in [0.25, 0.3) is 0 Å². The van der Waals surface area contributed by atoms with E-state index in [-0.39, 0.29) is 0 Å². The molecule has 2 aliphatic rings. The van der Waals surface area contributed by atoms with Crippen LogP contribution >= 0.6 is 0 Å². The maximum absolute atomic E-state index is 5.51. The van der Waals surface area contributed by atoms with E-state index < -0.39 is 0 Å². The van der Waals surface area contributed by atoms with E-state index in [1.54, 1.807) is 11.1 Å². The quantitative estimate of drug-likeness (QED) is 0.727. The van der Waals surface area contributed by atoms with Gasteiger partial charge in [-0.1, -0.05) is 24.5 Å². The van der Waals surface area contributed by atoms with Crippen molar-refractivity contribution in [1.82, 2.24) is 5.32 Å². The van der Waals surface area contributed by atoms with Crippen LogP contribution in [0, 0.1) is 5.92 Å². The fraction of sp³-hybridized carbons (Fsp3) is 0.857. The van der Waals surface area contributed by atoms with Gasteiger partial charge in [0.25, 0.3) is 0 Å². The van der Waals surface area contributed by atoms with E-state index in [0.717, 1.165) is 25.7 Å². The SMILES string of the molecule is CC(CC1COCCN1)=C1CCCC(C)C1. The van der Waals surface area contributed by atoms with Gasteiger partial charge in [-0.2, -0.15) is 0 Å². The highest BCUT2D eigenvalue weighted by molar-refractivity contribution is 5.15. The lowest BCUT2D eigenvalue weighted by Gasteiger charge is -2.27. The minimum absolute atomic E-state index is 0.554. The summed E-state index contributed by atoms with van der Waals surface area (Å²) in [5, 5.41) is 3.54. The van der Waals surface area contributed by atoms with Crippen LogP contribution in [-0.2, 0) is 4.74 Å². The molecule has 0 bridgehead atoms. The Balaban J connectivity index is 1.89. The molecule has 0 aromatic carbocycles. The molecular weight excluding hydrogens is 198 g/mol. The summed E-state index contributed by atoms with van der Waals surface area (Å²) in [6.45, 7) is 7.49. The smallest absolute Gasteiger partial charge is 0.0623 e. The third-order valence-electron chi connectivity index (χ3n) is 3.92. The Morgan fingerprint density at radius 1 is 1.50 bits per heavy atom. The lowest BCUT2D eigenvalue weighted by Crippen LogP contribution is -2.41. The molecular formula is C14H25NO. The zero-order chi connectivity index (χ0) is 11.4. The van der Waals surface area contributed by atoms with Gasteiger partial charge in [0.15, 0.2) is 0 Å². The Bertz CT molecular complexity index is 253. The van der Waals surface area contributed by atoms with Crippen LogP contribution in [0.4, 0.5) is 0 Å². The first-order valence-corrected chi connectivity index (χ1v) is 6.74. The molecule has 2 fully saturated rings. The number of ether oxygens (including phenoxy) is 1. The molecule has 1 N–H and O–H groups in total. The lowest BCUT2D eigenvalue weighted by atomic mass is 9.83. The van der Waals surface area contributed by atoms with Crippen molar-refractivity contribution in [2.24, 2.45) is 5.92 Å². The monoisotopic (exact) mass is 223 g/mol. The summed E-state index contributed by atoms with van der Waals surface area (Å²) in [4.78, 5) is 0. The van der Waals surface area contributed by atoms with E-state index in [4.69, 9.17) is 4.74 Å². The molecule has 2 rings (SSSR count). The molecule has 2 heteroatoms. The third-order valence-corrected chi connectivity index (χ3v) is 3.92. The van der Waals surface area contributed by atoms with Gasteiger partial charge in [-0.05, 0) is 38.5 Å². The summed E-state index contributed by atoms with van der Waals surface area (Å²) in [5.41, 5.74) is 3.35. The van der Waals surface area contributed by atoms with Crippen molar-refractivity contribution in [3.63, 3.8) is 0 Å². The summed E-state index contributed by atoms with van der Waals surface area (Å²) in [7, 11) is 0. The first kappa shape index (κ1) is 12.1. The van der Waals surface area contributed by atoms with Crippen LogP contribution in [0.3, 0.4) is 0 Å². The van der Waals surface area contributed by atoms with Gasteiger partial charge in [-0.25, -0.2) is 0 Å². The van der Waals surface area contributed by atoms with Crippen LogP contribution in [-0.4, -0.2) is 25.8 Å². The molecule has 0 amide bonds. The van der Waals surface area contributed by atoms with Crippen molar-refractivity contribution in [1.29, 1.82) is 0 Å². The predicted octanol–water partition coefficient (Wildman–Crippen LogP) is 2.89. The summed E-state index contributed by atoms with van der Waals surface area (Å²) in [6, 6.07) is 0.554. The Kier molecular flexibility index (Phi) is 4.42. The van der Waals surface area contributed by atoms with Gasteiger partial charge in [0.1, 0.15) is 0 Å². The number of rotatable bonds is 2. The third kappa shape index (κ3) is 3.33. The van der Waals surface area contributed by atoms with Crippen molar-refractivity contribution in [2.75, 3.05) is 19.8 Å². The molecule has 1 saturated carbocycles. The number of morpholine rings is 1. The van der Waals surface area contributed by atoms with E-state index >= 15 is 0 Å². The highest BCUT2D eigenvalue weighted by Gasteiger charge is 2.18. The van der Waals surface area contributed by atoms with Crippen molar-refractivity contribution in [3.8, 4) is 0 Å². The second kappa shape index (κ2) is 5.83. The first-order valence-electron chi connectivity index (χ1n) is 6.74. The molecule has 16 heavy (non-hydrogen) atoms. The van der Waals surface area contributed by atoms with Crippen LogP contribution in [0.1, 0.15) is 46.0 Å². The largest absolute Gasteiger partial charge is 0.379 e. The maximum atomic E-state index is 5.51. The molecule has 2 atom stereocenters. The van der Waals surface area contributed by atoms with Crippen LogP contribution in [0.15, 0.2) is 11.1 Å². The molecule has 2 unspecified atom stereocenters. The molecule has 1 heterocycles. The average Bonchev–Trinajstić information content (AvgIpc) is 2.30. The molecule has 0 aromatic heterocycles. The van der Waals surface area contributed by atoms with Gasteiger partial charge in [0.2, 0.25) is 0 Å². The highest BCUT2D eigenvalue weighted by Crippen LogP contribution is 2.31. The van der Waals surface area contributed by atoms with E-state index in [1.807, 2.05) is 0 Å². The minimum Gasteiger partial charge on any atom is -0.379 e. The number of hydrogen-bond donors (Lipinski definition) is 1. The Hall–Kier alpha value is -0.340. The van der Waals surface area contributed by atoms with Crippen LogP contribution in [0.5, 0.6) is 0 Å². The Morgan fingerprint density at radius 2 is 2.38 bits per heavy atom. The lowest BCUT2D eigenvalue weighted by molar-refractivity contribution is 0.0768. The first-order chi connectivity index (χ1) is 7.75. The molecule has 0 aromatic rings. The van der Waals surface area contributed by atoms with Crippen LogP contribution in [0.2, 0.25) is 0 Å². The van der Waals surface area contributed by atoms with E-state index in [1.165, 1.54) is 32.1 Å². The van der Waals surface area contributed by atoms with Crippen molar-refractivity contribution in [2.45, 2.75) is 52.0 Å². The second-order valence-corrected chi connectivity index (χ2v) is 5.52. The van der Waals surface area contributed by atoms with Gasteiger partial charge in [0, 0.05) is 12.6 Å². The maximum Gasteiger partial charge on any atom is 0.0623 e. The summed E-state index contributed by atoms with van der Waals surface area (Å²) < 4.78 is 5.51. The highest BCUT2D eigenvalue weighted by atomic mass is 16.5. The average molecular weight is 223 g/mol. The minimum atomic E-state index is 0.554. The summed E-state index contributed by atoms with van der Waals surface area (Å²) in [5.74, 6) is 0.897. The zero-order valence-corrected chi connectivity index (χ0v) is 10.7. The number of nitrogens with one attached hydrogen (secondary N) is 1. The van der Waals surface area contributed by atoms with Gasteiger partial charge in [-0.15, -0.1) is 0 Å². The standard InChI is InChI=1S/C14H25NO/c1-11-4-3-5-13(8-11)12(2)9-14-10-16-7-6-15-14/h11,14-15H,3-10H2,1-2H3. The Labute approximate surface area is 99.4 Å². The summed E-state index contributed by atoms with van der Waals surface area (Å²) >= 11 is 0. The number of allylic oxidation sites excluding steroid dienone is 1. The van der Waals surface area contributed by atoms with Gasteiger partial charge >= 0.3 is 0 Å². The fourth-order valence-corrected chi connectivity index (χ4v) is 2.94. The molecule has 2 nitrogen and oxygen atoms in total. The van der Waals surface area contributed by atoms with E-state index in [2.05, 4.69) is 19.2 Å². The van der Waals surface area contributed by atoms with Crippen LogP contribution < -0.4 is 5.32 Å². The van der Waals surface area contributed by atoms with Crippen molar-refractivity contribution >= 4 is 0 Å². The van der Waals surface area contributed by atoms with Gasteiger partial charge < -0.3 is 10.1 Å². The fourth-order valence-electron chi connectivity index (χ4n) is 2.94. The van der Waals surface area contributed by atoms with E-state index in [0.29, 0.717) is 6.04 Å². The molecule has 1 saturated heterocycles. The summed E-state index contributed by atoms with van der Waals surface area (Å²) in [6.07, 6.45) is 6.66. The molecule has 1 aliphatic heterocycles.